The van der Waals surface area contributed by atoms with Crippen LogP contribution in [0.25, 0.3) is 22.6 Å². The molecule has 242 valence electrons. The molecule has 0 aliphatic carbocycles. The summed E-state index contributed by atoms with van der Waals surface area (Å²) in [6, 6.07) is 9.95. The fraction of sp³-hybridized carbons (Fsp3) is 0.308. The van der Waals surface area contributed by atoms with Crippen LogP contribution in [0.15, 0.2) is 59.6 Å². The second-order valence-electron chi connectivity index (χ2n) is 8.98. The van der Waals surface area contributed by atoms with E-state index in [1.54, 1.807) is 18.6 Å². The van der Waals surface area contributed by atoms with Gasteiger partial charge in [-0.15, -0.1) is 0 Å². The van der Waals surface area contributed by atoms with E-state index in [2.05, 4.69) is 50.6 Å². The maximum atomic E-state index is 10.6. The minimum Gasteiger partial charge on any atom is -0.492 e. The molecule has 3 N–H and O–H groups in total. The number of aromatic nitrogens is 5. The number of rotatable bonds is 6. The summed E-state index contributed by atoms with van der Waals surface area (Å²) in [6.45, 7) is 5.46. The van der Waals surface area contributed by atoms with Crippen molar-refractivity contribution >= 4 is 44.9 Å². The fourth-order valence-corrected chi connectivity index (χ4v) is 3.98. The number of ether oxygens (including phenoxy) is 1. The summed E-state index contributed by atoms with van der Waals surface area (Å²) in [5.74, 6) is -2.90. The number of H-pyrrole nitrogens is 1. The third-order valence-corrected chi connectivity index (χ3v) is 6.27. The number of nitrogens with one attached hydrogen (secondary N) is 1. The van der Waals surface area contributed by atoms with Crippen molar-refractivity contribution in [3.05, 3.63) is 59.6 Å². The van der Waals surface area contributed by atoms with Crippen LogP contribution in [-0.4, -0.2) is 104 Å². The fourth-order valence-electron chi connectivity index (χ4n) is 3.66. The second kappa shape index (κ2) is 15.5. The first-order valence-electron chi connectivity index (χ1n) is 12.7. The summed E-state index contributed by atoms with van der Waals surface area (Å²) >= 11 is 3.43. The number of carboxylic acid groups (broad SMARTS) is 2. The normalized spacial score (nSPS) is 13.7. The quantitative estimate of drug-likeness (QED) is 0.240. The molecular formula is C26H24BrF6N7O5. The van der Waals surface area contributed by atoms with Crippen LogP contribution in [0, 0.1) is 0 Å². The van der Waals surface area contributed by atoms with Crippen LogP contribution in [-0.2, 0) is 9.59 Å². The Morgan fingerprint density at radius 1 is 0.911 bits per heavy atom. The topological polar surface area (TPSA) is 158 Å². The zero-order chi connectivity index (χ0) is 33.2. The molecule has 4 heterocycles. The molecule has 12 nitrogen and oxygen atoms in total. The number of nitrogens with zero attached hydrogens (tertiary/aromatic N) is 6. The molecule has 0 spiro atoms. The van der Waals surface area contributed by atoms with E-state index in [0.29, 0.717) is 6.61 Å². The largest absolute Gasteiger partial charge is 0.492 e. The van der Waals surface area contributed by atoms with Crippen molar-refractivity contribution in [2.45, 2.75) is 12.4 Å². The van der Waals surface area contributed by atoms with E-state index in [1.165, 1.54) is 0 Å². The van der Waals surface area contributed by atoms with Crippen molar-refractivity contribution in [1.82, 2.24) is 29.8 Å². The minimum atomic E-state index is -5.08. The Hall–Kier alpha value is -4.52. The number of aliphatic carboxylic acids is 2. The van der Waals surface area contributed by atoms with Gasteiger partial charge in [-0.2, -0.15) is 26.3 Å². The SMILES string of the molecule is Brc1cnc2[nH]c(-c3ccc(OCCN4CCN(c5cnccn5)CC4)cc3)nc2c1.O=C(O)C(F)(F)F.O=C(O)C(F)(F)F. The molecule has 1 aliphatic rings. The first-order valence-corrected chi connectivity index (χ1v) is 13.5. The highest BCUT2D eigenvalue weighted by atomic mass is 79.9. The van der Waals surface area contributed by atoms with Crippen LogP contribution in [0.3, 0.4) is 0 Å². The number of fused-ring (bicyclic) bond motifs is 1. The number of piperazine rings is 1. The van der Waals surface area contributed by atoms with Gasteiger partial charge in [-0.1, -0.05) is 0 Å². The number of alkyl halides is 6. The number of benzene rings is 1. The van der Waals surface area contributed by atoms with E-state index >= 15 is 0 Å². The molecule has 0 amide bonds. The van der Waals surface area contributed by atoms with Gasteiger partial charge in [0.1, 0.15) is 29.5 Å². The lowest BCUT2D eigenvalue weighted by atomic mass is 10.2. The van der Waals surface area contributed by atoms with Crippen molar-refractivity contribution in [2.24, 2.45) is 0 Å². The maximum Gasteiger partial charge on any atom is 0.490 e. The van der Waals surface area contributed by atoms with Crippen molar-refractivity contribution < 1.29 is 50.9 Å². The summed E-state index contributed by atoms with van der Waals surface area (Å²) in [6.07, 6.45) is -3.14. The molecular weight excluding hydrogens is 684 g/mol. The third kappa shape index (κ3) is 11.2. The number of hydrogen-bond donors (Lipinski definition) is 3. The molecule has 5 rings (SSSR count). The molecule has 1 aromatic carbocycles. The van der Waals surface area contributed by atoms with Gasteiger partial charge in [0.05, 0.1) is 6.20 Å². The lowest BCUT2D eigenvalue weighted by Crippen LogP contribution is -2.47. The number of hydrogen-bond acceptors (Lipinski definition) is 9. The predicted molar refractivity (Wildman–Crippen MR) is 151 cm³/mol. The highest BCUT2D eigenvalue weighted by Crippen LogP contribution is 2.24. The van der Waals surface area contributed by atoms with Crippen LogP contribution >= 0.6 is 15.9 Å². The molecule has 0 radical (unpaired) electrons. The number of aromatic amines is 1. The molecule has 1 fully saturated rings. The Balaban J connectivity index is 0.000000331. The second-order valence-corrected chi connectivity index (χ2v) is 9.89. The lowest BCUT2D eigenvalue weighted by Gasteiger charge is -2.35. The first kappa shape index (κ1) is 35.0. The first-order chi connectivity index (χ1) is 21.1. The van der Waals surface area contributed by atoms with Gasteiger partial charge >= 0.3 is 24.3 Å². The van der Waals surface area contributed by atoms with E-state index in [1.807, 2.05) is 36.5 Å². The Morgan fingerprint density at radius 2 is 1.51 bits per heavy atom. The minimum absolute atomic E-state index is 0.660. The van der Waals surface area contributed by atoms with Crippen LogP contribution in [0.2, 0.25) is 0 Å². The Morgan fingerprint density at radius 3 is 2.04 bits per heavy atom. The van der Waals surface area contributed by atoms with Crippen molar-refractivity contribution in [1.29, 1.82) is 0 Å². The number of carbonyl (C=O) groups is 2. The summed E-state index contributed by atoms with van der Waals surface area (Å²) in [7, 11) is 0. The van der Waals surface area contributed by atoms with Gasteiger partial charge in [0, 0.05) is 61.4 Å². The molecule has 0 bridgehead atoms. The molecule has 19 heteroatoms. The number of anilines is 1. The summed E-state index contributed by atoms with van der Waals surface area (Å²) in [4.78, 5) is 43.2. The van der Waals surface area contributed by atoms with Crippen molar-refractivity contribution in [2.75, 3.05) is 44.2 Å². The van der Waals surface area contributed by atoms with Crippen LogP contribution < -0.4 is 9.64 Å². The van der Waals surface area contributed by atoms with Gasteiger partial charge < -0.3 is 24.8 Å². The van der Waals surface area contributed by atoms with Crippen LogP contribution in [0.5, 0.6) is 5.75 Å². The van der Waals surface area contributed by atoms with E-state index in [0.717, 1.165) is 71.3 Å². The third-order valence-electron chi connectivity index (χ3n) is 5.84. The molecule has 3 aromatic heterocycles. The van der Waals surface area contributed by atoms with E-state index in [4.69, 9.17) is 24.5 Å². The smallest absolute Gasteiger partial charge is 0.490 e. The van der Waals surface area contributed by atoms with E-state index < -0.39 is 24.3 Å². The molecule has 0 saturated carbocycles. The predicted octanol–water partition coefficient (Wildman–Crippen LogP) is 4.65. The maximum absolute atomic E-state index is 10.6. The number of carboxylic acids is 2. The highest BCUT2D eigenvalue weighted by Gasteiger charge is 2.38. The van der Waals surface area contributed by atoms with Gasteiger partial charge in [-0.05, 0) is 46.3 Å². The van der Waals surface area contributed by atoms with Gasteiger partial charge in [0.2, 0.25) is 0 Å². The Kier molecular flexibility index (Phi) is 12.0. The van der Waals surface area contributed by atoms with Gasteiger partial charge in [-0.3, -0.25) is 9.88 Å². The van der Waals surface area contributed by atoms with Crippen LogP contribution in [0.1, 0.15) is 0 Å². The van der Waals surface area contributed by atoms with Gasteiger partial charge in [-0.25, -0.2) is 24.5 Å². The number of halogens is 7. The molecule has 45 heavy (non-hydrogen) atoms. The molecule has 0 unspecified atom stereocenters. The Bertz CT molecular complexity index is 1520. The monoisotopic (exact) mass is 707 g/mol. The average Bonchev–Trinajstić information content (AvgIpc) is 3.41. The Labute approximate surface area is 258 Å². The molecule has 4 aromatic rings. The van der Waals surface area contributed by atoms with Crippen molar-refractivity contribution in [3.63, 3.8) is 0 Å². The summed E-state index contributed by atoms with van der Waals surface area (Å²) in [5.41, 5.74) is 2.61. The zero-order valence-electron chi connectivity index (χ0n) is 22.9. The lowest BCUT2D eigenvalue weighted by molar-refractivity contribution is -0.193. The van der Waals surface area contributed by atoms with Crippen molar-refractivity contribution in [3.8, 4) is 17.1 Å². The van der Waals surface area contributed by atoms with Gasteiger partial charge in [0.15, 0.2) is 5.65 Å². The van der Waals surface area contributed by atoms with E-state index in [-0.39, 0.29) is 0 Å². The molecule has 0 atom stereocenters. The zero-order valence-corrected chi connectivity index (χ0v) is 24.5. The standard InChI is InChI=1S/C22H22BrN7O.2C2HF3O2/c23-17-13-19-22(26-14-17)28-21(27-19)16-1-3-18(4-2-16)31-12-11-29-7-9-30(10-8-29)20-15-24-5-6-25-20;2*3-2(4,5)1(6)7/h1-6,13-15H,7-12H2,(H,26,27,28);2*(H,6,7). The molecule has 1 aliphatic heterocycles. The summed E-state index contributed by atoms with van der Waals surface area (Å²) < 4.78 is 70.3. The molecule has 1 saturated heterocycles. The number of pyridine rings is 1. The summed E-state index contributed by atoms with van der Waals surface area (Å²) in [5, 5.41) is 14.2. The van der Waals surface area contributed by atoms with Crippen LogP contribution in [0.4, 0.5) is 32.2 Å². The van der Waals surface area contributed by atoms with Gasteiger partial charge in [0.25, 0.3) is 0 Å². The van der Waals surface area contributed by atoms with E-state index in [9.17, 15) is 26.3 Å². The average molecular weight is 708 g/mol. The number of imidazole rings is 1. The highest BCUT2D eigenvalue weighted by molar-refractivity contribution is 9.10.